The Labute approximate surface area is 89.1 Å². The number of carbonyl (C=O) groups is 1. The van der Waals surface area contributed by atoms with Gasteiger partial charge in [0, 0.05) is 0 Å². The zero-order valence-corrected chi connectivity index (χ0v) is 9.13. The smallest absolute Gasteiger partial charge is 0.309 e. The molecule has 14 heavy (non-hydrogen) atoms. The standard InChI is InChI=1S/C10H17ClO3/c1-2-4-7(9(12)13)10(14)6-3-5-8(10)11/h7-8,14H,2-6H2,1H3,(H,12,13)/t7-,8-,10-/m1/s1. The summed E-state index contributed by atoms with van der Waals surface area (Å²) in [4.78, 5) is 11.0. The largest absolute Gasteiger partial charge is 0.481 e. The maximum Gasteiger partial charge on any atom is 0.309 e. The summed E-state index contributed by atoms with van der Waals surface area (Å²) in [7, 11) is 0. The molecule has 0 bridgehead atoms. The molecule has 0 saturated heterocycles. The molecule has 0 unspecified atom stereocenters. The average molecular weight is 221 g/mol. The first kappa shape index (κ1) is 11.8. The Bertz CT molecular complexity index is 219. The number of carboxylic acids is 1. The van der Waals surface area contributed by atoms with Crippen molar-refractivity contribution in [2.45, 2.75) is 50.0 Å². The predicted octanol–water partition coefficient (Wildman–Crippen LogP) is 2.01. The number of rotatable bonds is 4. The Hall–Kier alpha value is -0.280. The topological polar surface area (TPSA) is 57.5 Å². The molecule has 1 fully saturated rings. The van der Waals surface area contributed by atoms with Gasteiger partial charge >= 0.3 is 5.97 Å². The average Bonchev–Trinajstić information content (AvgIpc) is 2.43. The zero-order chi connectivity index (χ0) is 10.8. The van der Waals surface area contributed by atoms with Crippen LogP contribution in [0, 0.1) is 5.92 Å². The van der Waals surface area contributed by atoms with Gasteiger partial charge in [-0.05, 0) is 25.7 Å². The van der Waals surface area contributed by atoms with Gasteiger partial charge in [-0.15, -0.1) is 11.6 Å². The molecule has 0 aromatic carbocycles. The summed E-state index contributed by atoms with van der Waals surface area (Å²) < 4.78 is 0. The Balaban J connectivity index is 2.80. The number of carboxylic acid groups (broad SMARTS) is 1. The van der Waals surface area contributed by atoms with Crippen molar-refractivity contribution in [1.82, 2.24) is 0 Å². The Morgan fingerprint density at radius 3 is 2.71 bits per heavy atom. The van der Waals surface area contributed by atoms with Crippen molar-refractivity contribution in [1.29, 1.82) is 0 Å². The number of hydrogen-bond acceptors (Lipinski definition) is 2. The van der Waals surface area contributed by atoms with E-state index in [0.29, 0.717) is 19.3 Å². The maximum absolute atomic E-state index is 11.0. The van der Waals surface area contributed by atoms with Crippen molar-refractivity contribution in [2.24, 2.45) is 5.92 Å². The third-order valence-electron chi connectivity index (χ3n) is 3.06. The van der Waals surface area contributed by atoms with Gasteiger partial charge in [-0.1, -0.05) is 13.3 Å². The normalized spacial score (nSPS) is 34.4. The van der Waals surface area contributed by atoms with Gasteiger partial charge in [-0.3, -0.25) is 4.79 Å². The quantitative estimate of drug-likeness (QED) is 0.713. The molecule has 0 radical (unpaired) electrons. The molecule has 82 valence electrons. The Kier molecular flexibility index (Phi) is 3.78. The van der Waals surface area contributed by atoms with Crippen LogP contribution in [-0.2, 0) is 4.79 Å². The van der Waals surface area contributed by atoms with E-state index in [1.807, 2.05) is 6.92 Å². The van der Waals surface area contributed by atoms with E-state index in [1.165, 1.54) is 0 Å². The molecule has 0 amide bonds. The van der Waals surface area contributed by atoms with Gasteiger partial charge in [-0.25, -0.2) is 0 Å². The minimum Gasteiger partial charge on any atom is -0.481 e. The lowest BCUT2D eigenvalue weighted by molar-refractivity contribution is -0.152. The number of aliphatic hydroxyl groups is 1. The molecule has 1 saturated carbocycles. The van der Waals surface area contributed by atoms with Gasteiger partial charge in [0.15, 0.2) is 0 Å². The van der Waals surface area contributed by atoms with Crippen LogP contribution < -0.4 is 0 Å². The highest BCUT2D eigenvalue weighted by Crippen LogP contribution is 2.41. The van der Waals surface area contributed by atoms with Crippen LogP contribution in [0.2, 0.25) is 0 Å². The highest BCUT2D eigenvalue weighted by Gasteiger charge is 2.49. The van der Waals surface area contributed by atoms with E-state index in [2.05, 4.69) is 0 Å². The van der Waals surface area contributed by atoms with Crippen LogP contribution in [0.15, 0.2) is 0 Å². The lowest BCUT2D eigenvalue weighted by atomic mass is 9.82. The van der Waals surface area contributed by atoms with E-state index in [0.717, 1.165) is 12.8 Å². The summed E-state index contributed by atoms with van der Waals surface area (Å²) in [5.74, 6) is -1.64. The fraction of sp³-hybridized carbons (Fsp3) is 0.900. The molecule has 0 heterocycles. The molecule has 3 atom stereocenters. The SMILES string of the molecule is CCC[C@H](C(=O)O)[C@]1(O)CCC[C@H]1Cl. The Morgan fingerprint density at radius 2 is 2.36 bits per heavy atom. The summed E-state index contributed by atoms with van der Waals surface area (Å²) in [5, 5.41) is 18.8. The third kappa shape index (κ3) is 2.04. The summed E-state index contributed by atoms with van der Waals surface area (Å²) in [6, 6.07) is 0. The number of hydrogen-bond donors (Lipinski definition) is 2. The van der Waals surface area contributed by atoms with Crippen LogP contribution in [0.3, 0.4) is 0 Å². The highest BCUT2D eigenvalue weighted by atomic mass is 35.5. The molecule has 2 N–H and O–H groups in total. The van der Waals surface area contributed by atoms with Gasteiger partial charge in [-0.2, -0.15) is 0 Å². The fourth-order valence-corrected chi connectivity index (χ4v) is 2.65. The summed E-state index contributed by atoms with van der Waals surface area (Å²) in [5.41, 5.74) is -1.19. The van der Waals surface area contributed by atoms with Crippen molar-refractivity contribution in [3.63, 3.8) is 0 Å². The minimum absolute atomic E-state index is 0.407. The number of aliphatic carboxylic acids is 1. The molecule has 0 spiro atoms. The predicted molar refractivity (Wildman–Crippen MR) is 54.5 cm³/mol. The van der Waals surface area contributed by atoms with Crippen LogP contribution in [0.4, 0.5) is 0 Å². The zero-order valence-electron chi connectivity index (χ0n) is 8.37. The van der Waals surface area contributed by atoms with E-state index < -0.39 is 22.9 Å². The monoisotopic (exact) mass is 220 g/mol. The second kappa shape index (κ2) is 4.49. The van der Waals surface area contributed by atoms with Gasteiger partial charge in [0.05, 0.1) is 16.9 Å². The second-order valence-electron chi connectivity index (χ2n) is 4.03. The van der Waals surface area contributed by atoms with Crippen molar-refractivity contribution in [2.75, 3.05) is 0 Å². The Morgan fingerprint density at radius 1 is 1.71 bits per heavy atom. The van der Waals surface area contributed by atoms with E-state index in [4.69, 9.17) is 16.7 Å². The summed E-state index contributed by atoms with van der Waals surface area (Å²) in [6.07, 6.45) is 3.29. The van der Waals surface area contributed by atoms with Crippen molar-refractivity contribution in [3.8, 4) is 0 Å². The molecular formula is C10H17ClO3. The first-order valence-corrected chi connectivity index (χ1v) is 5.55. The first-order valence-electron chi connectivity index (χ1n) is 5.11. The number of halogens is 1. The van der Waals surface area contributed by atoms with E-state index in [-0.39, 0.29) is 0 Å². The van der Waals surface area contributed by atoms with Crippen LogP contribution in [0.5, 0.6) is 0 Å². The van der Waals surface area contributed by atoms with E-state index in [1.54, 1.807) is 0 Å². The second-order valence-corrected chi connectivity index (χ2v) is 4.56. The van der Waals surface area contributed by atoms with Crippen LogP contribution in [-0.4, -0.2) is 27.2 Å². The third-order valence-corrected chi connectivity index (χ3v) is 3.65. The van der Waals surface area contributed by atoms with Crippen LogP contribution in [0.25, 0.3) is 0 Å². The van der Waals surface area contributed by atoms with Crippen molar-refractivity contribution in [3.05, 3.63) is 0 Å². The van der Waals surface area contributed by atoms with Crippen LogP contribution in [0.1, 0.15) is 39.0 Å². The molecular weight excluding hydrogens is 204 g/mol. The lowest BCUT2D eigenvalue weighted by Crippen LogP contribution is -2.46. The molecule has 4 heteroatoms. The van der Waals surface area contributed by atoms with Crippen molar-refractivity contribution < 1.29 is 15.0 Å². The fourth-order valence-electron chi connectivity index (χ4n) is 2.24. The van der Waals surface area contributed by atoms with E-state index >= 15 is 0 Å². The lowest BCUT2D eigenvalue weighted by Gasteiger charge is -2.32. The van der Waals surface area contributed by atoms with Gasteiger partial charge in [0.25, 0.3) is 0 Å². The highest BCUT2D eigenvalue weighted by molar-refractivity contribution is 6.21. The molecule has 1 aliphatic rings. The maximum atomic E-state index is 11.0. The molecule has 0 aliphatic heterocycles. The number of alkyl halides is 1. The van der Waals surface area contributed by atoms with Gasteiger partial charge < -0.3 is 10.2 Å². The minimum atomic E-state index is -1.19. The molecule has 0 aromatic rings. The van der Waals surface area contributed by atoms with Crippen LogP contribution >= 0.6 is 11.6 Å². The van der Waals surface area contributed by atoms with Gasteiger partial charge in [0.1, 0.15) is 0 Å². The molecule has 3 nitrogen and oxygen atoms in total. The van der Waals surface area contributed by atoms with E-state index in [9.17, 15) is 9.90 Å². The molecule has 1 rings (SSSR count). The van der Waals surface area contributed by atoms with Crippen molar-refractivity contribution >= 4 is 17.6 Å². The first-order chi connectivity index (χ1) is 6.52. The summed E-state index contributed by atoms with van der Waals surface area (Å²) >= 11 is 5.98. The van der Waals surface area contributed by atoms with Gasteiger partial charge in [0.2, 0.25) is 0 Å². The molecule has 1 aliphatic carbocycles. The summed E-state index contributed by atoms with van der Waals surface area (Å²) in [6.45, 7) is 1.91. The molecule has 0 aromatic heterocycles.